The van der Waals surface area contributed by atoms with E-state index in [4.69, 9.17) is 4.74 Å². The monoisotopic (exact) mass is 268 g/mol. The molecule has 0 aromatic heterocycles. The van der Waals surface area contributed by atoms with Crippen molar-refractivity contribution in [2.45, 2.75) is 64.6 Å². The molecule has 2 fully saturated rings. The Morgan fingerprint density at radius 3 is 2.58 bits per heavy atom. The second-order valence-corrected chi connectivity index (χ2v) is 7.00. The predicted molar refractivity (Wildman–Crippen MR) is 80.4 cm³/mol. The van der Waals surface area contributed by atoms with Gasteiger partial charge in [-0.15, -0.1) is 0 Å². The van der Waals surface area contributed by atoms with Crippen LogP contribution in [-0.4, -0.2) is 49.3 Å². The molecule has 0 radical (unpaired) electrons. The van der Waals surface area contributed by atoms with E-state index in [0.29, 0.717) is 17.6 Å². The van der Waals surface area contributed by atoms with E-state index in [0.717, 1.165) is 25.0 Å². The lowest BCUT2D eigenvalue weighted by Gasteiger charge is -2.50. The van der Waals surface area contributed by atoms with Crippen LogP contribution in [0.25, 0.3) is 0 Å². The van der Waals surface area contributed by atoms with E-state index in [1.54, 1.807) is 0 Å². The van der Waals surface area contributed by atoms with Gasteiger partial charge in [0.15, 0.2) is 0 Å². The van der Waals surface area contributed by atoms with Gasteiger partial charge in [-0.3, -0.25) is 4.90 Å². The van der Waals surface area contributed by atoms with Crippen LogP contribution in [0.1, 0.15) is 47.0 Å². The fourth-order valence-corrected chi connectivity index (χ4v) is 3.62. The number of methoxy groups -OCH3 is 1. The van der Waals surface area contributed by atoms with Crippen molar-refractivity contribution in [3.63, 3.8) is 0 Å². The molecule has 3 nitrogen and oxygen atoms in total. The minimum Gasteiger partial charge on any atom is -0.383 e. The fourth-order valence-electron chi connectivity index (χ4n) is 3.62. The van der Waals surface area contributed by atoms with Crippen molar-refractivity contribution in [3.05, 3.63) is 0 Å². The van der Waals surface area contributed by atoms with Crippen molar-refractivity contribution in [2.75, 3.05) is 26.8 Å². The lowest BCUT2D eigenvalue weighted by Crippen LogP contribution is -2.67. The summed E-state index contributed by atoms with van der Waals surface area (Å²) in [4.78, 5) is 2.71. The summed E-state index contributed by atoms with van der Waals surface area (Å²) in [5.41, 5.74) is 0.325. The number of piperazine rings is 1. The van der Waals surface area contributed by atoms with E-state index >= 15 is 0 Å². The topological polar surface area (TPSA) is 24.5 Å². The summed E-state index contributed by atoms with van der Waals surface area (Å²) in [5.74, 6) is 1.64. The molecule has 1 saturated carbocycles. The summed E-state index contributed by atoms with van der Waals surface area (Å²) < 4.78 is 5.40. The molecule has 0 amide bonds. The Morgan fingerprint density at radius 1 is 1.37 bits per heavy atom. The van der Waals surface area contributed by atoms with Crippen molar-refractivity contribution in [3.8, 4) is 0 Å². The van der Waals surface area contributed by atoms with Crippen LogP contribution in [-0.2, 0) is 4.74 Å². The highest BCUT2D eigenvalue weighted by Crippen LogP contribution is 2.42. The summed E-state index contributed by atoms with van der Waals surface area (Å²) in [5, 5.41) is 3.87. The Labute approximate surface area is 119 Å². The van der Waals surface area contributed by atoms with Gasteiger partial charge in [-0.25, -0.2) is 0 Å². The highest BCUT2D eigenvalue weighted by molar-refractivity contribution is 5.05. The van der Waals surface area contributed by atoms with Gasteiger partial charge in [0.05, 0.1) is 6.61 Å². The first kappa shape index (κ1) is 15.3. The predicted octanol–water partition coefficient (Wildman–Crippen LogP) is 2.51. The Kier molecular flexibility index (Phi) is 4.91. The van der Waals surface area contributed by atoms with Gasteiger partial charge in [0, 0.05) is 37.8 Å². The summed E-state index contributed by atoms with van der Waals surface area (Å²) in [6, 6.07) is 1.17. The van der Waals surface area contributed by atoms with Gasteiger partial charge in [-0.2, -0.15) is 0 Å². The molecule has 4 atom stereocenters. The van der Waals surface area contributed by atoms with Gasteiger partial charge in [0.25, 0.3) is 0 Å². The van der Waals surface area contributed by atoms with Crippen LogP contribution in [0, 0.1) is 11.8 Å². The van der Waals surface area contributed by atoms with Crippen molar-refractivity contribution in [2.24, 2.45) is 11.8 Å². The second-order valence-electron chi connectivity index (χ2n) is 7.00. The normalized spacial score (nSPS) is 36.2. The van der Waals surface area contributed by atoms with Crippen LogP contribution >= 0.6 is 0 Å². The first-order valence-electron chi connectivity index (χ1n) is 8.01. The van der Waals surface area contributed by atoms with Crippen molar-refractivity contribution < 1.29 is 4.74 Å². The lowest BCUT2D eigenvalue weighted by molar-refractivity contribution is -0.00606. The van der Waals surface area contributed by atoms with E-state index in [9.17, 15) is 0 Å². The first-order chi connectivity index (χ1) is 9.01. The maximum absolute atomic E-state index is 5.40. The largest absolute Gasteiger partial charge is 0.383 e. The van der Waals surface area contributed by atoms with Gasteiger partial charge in [-0.05, 0) is 38.5 Å². The lowest BCUT2D eigenvalue weighted by atomic mass is 9.86. The molecular weight excluding hydrogens is 236 g/mol. The van der Waals surface area contributed by atoms with Gasteiger partial charge in [0.2, 0.25) is 0 Å². The van der Waals surface area contributed by atoms with Crippen LogP contribution in [0.15, 0.2) is 0 Å². The SMILES string of the molecule is CCC(C)C1CNC(C)(C2CC2)CN1C(C)COC. The van der Waals surface area contributed by atoms with Gasteiger partial charge < -0.3 is 10.1 Å². The van der Waals surface area contributed by atoms with E-state index in [1.807, 2.05) is 7.11 Å². The number of rotatable bonds is 6. The molecule has 0 aromatic carbocycles. The van der Waals surface area contributed by atoms with Crippen molar-refractivity contribution in [1.29, 1.82) is 0 Å². The van der Waals surface area contributed by atoms with E-state index in [1.165, 1.54) is 25.8 Å². The zero-order valence-corrected chi connectivity index (χ0v) is 13.4. The van der Waals surface area contributed by atoms with Gasteiger partial charge in [-0.1, -0.05) is 20.3 Å². The first-order valence-corrected chi connectivity index (χ1v) is 8.01. The van der Waals surface area contributed by atoms with Crippen LogP contribution in [0.5, 0.6) is 0 Å². The molecule has 112 valence electrons. The highest BCUT2D eigenvalue weighted by atomic mass is 16.5. The molecule has 1 saturated heterocycles. The molecule has 4 unspecified atom stereocenters. The molecular formula is C16H32N2O. The molecule has 19 heavy (non-hydrogen) atoms. The van der Waals surface area contributed by atoms with Gasteiger partial charge in [0.1, 0.15) is 0 Å². The van der Waals surface area contributed by atoms with Crippen LogP contribution in [0.4, 0.5) is 0 Å². The average molecular weight is 268 g/mol. The number of nitrogens with one attached hydrogen (secondary N) is 1. The molecule has 1 heterocycles. The Bertz CT molecular complexity index is 292. The number of nitrogens with zero attached hydrogens (tertiary/aromatic N) is 1. The second kappa shape index (κ2) is 6.11. The Balaban J connectivity index is 2.08. The summed E-state index contributed by atoms with van der Waals surface area (Å²) in [6.07, 6.45) is 4.07. The van der Waals surface area contributed by atoms with Crippen molar-refractivity contribution in [1.82, 2.24) is 10.2 Å². The Morgan fingerprint density at radius 2 is 2.05 bits per heavy atom. The van der Waals surface area contributed by atoms with E-state index in [2.05, 4.69) is 37.9 Å². The molecule has 1 aliphatic carbocycles. The minimum atomic E-state index is 0.325. The zero-order valence-electron chi connectivity index (χ0n) is 13.4. The van der Waals surface area contributed by atoms with Crippen LogP contribution < -0.4 is 5.32 Å². The molecule has 2 rings (SSSR count). The quantitative estimate of drug-likeness (QED) is 0.801. The number of hydrogen-bond donors (Lipinski definition) is 1. The molecule has 0 spiro atoms. The third-order valence-corrected chi connectivity index (χ3v) is 5.41. The molecule has 2 aliphatic rings. The third kappa shape index (κ3) is 3.32. The Hall–Kier alpha value is -0.120. The fraction of sp³-hybridized carbons (Fsp3) is 1.00. The maximum Gasteiger partial charge on any atom is 0.0615 e. The molecule has 3 heteroatoms. The third-order valence-electron chi connectivity index (χ3n) is 5.41. The number of hydrogen-bond acceptors (Lipinski definition) is 3. The summed E-state index contributed by atoms with van der Waals surface area (Å²) in [6.45, 7) is 12.6. The number of ether oxygens (including phenoxy) is 1. The summed E-state index contributed by atoms with van der Waals surface area (Å²) in [7, 11) is 1.82. The van der Waals surface area contributed by atoms with E-state index in [-0.39, 0.29) is 0 Å². The van der Waals surface area contributed by atoms with E-state index < -0.39 is 0 Å². The van der Waals surface area contributed by atoms with Crippen LogP contribution in [0.3, 0.4) is 0 Å². The molecule has 1 N–H and O–H groups in total. The smallest absolute Gasteiger partial charge is 0.0615 e. The van der Waals surface area contributed by atoms with Gasteiger partial charge >= 0.3 is 0 Å². The zero-order chi connectivity index (χ0) is 14.0. The molecule has 0 bridgehead atoms. The van der Waals surface area contributed by atoms with Crippen molar-refractivity contribution >= 4 is 0 Å². The molecule has 1 aliphatic heterocycles. The standard InChI is InChI=1S/C16H32N2O/c1-6-12(2)15-9-17-16(4,14-7-8-14)11-18(15)13(3)10-19-5/h12-15,17H,6-11H2,1-5H3. The van der Waals surface area contributed by atoms with Crippen LogP contribution in [0.2, 0.25) is 0 Å². The summed E-state index contributed by atoms with van der Waals surface area (Å²) >= 11 is 0. The minimum absolute atomic E-state index is 0.325. The molecule has 0 aromatic rings. The maximum atomic E-state index is 5.40. The average Bonchev–Trinajstić information content (AvgIpc) is 3.22. The highest BCUT2D eigenvalue weighted by Gasteiger charge is 2.47.